The van der Waals surface area contributed by atoms with Crippen LogP contribution in [0.2, 0.25) is 0 Å². The molecule has 0 heterocycles. The molecular weight excluding hydrogens is 248 g/mol. The van der Waals surface area contributed by atoms with Crippen LogP contribution in [-0.4, -0.2) is 5.78 Å². The molecule has 2 aromatic rings. The Bertz CT molecular complexity index is 563. The molecule has 0 aliphatic rings. The van der Waals surface area contributed by atoms with Crippen LogP contribution in [0.3, 0.4) is 0 Å². The van der Waals surface area contributed by atoms with Crippen LogP contribution >= 0.6 is 0 Å². The minimum Gasteiger partial charge on any atom is -0.489 e. The van der Waals surface area contributed by atoms with E-state index in [-0.39, 0.29) is 11.2 Å². The first kappa shape index (κ1) is 14.3. The Balaban J connectivity index is 2.00. The summed E-state index contributed by atoms with van der Waals surface area (Å²) in [6.45, 7) is 6.30. The molecule has 0 amide bonds. The molecule has 0 unspecified atom stereocenters. The highest BCUT2D eigenvalue weighted by molar-refractivity contribution is 5.99. The fourth-order valence-electron chi connectivity index (χ4n) is 1.87. The maximum atomic E-state index is 12.1. The summed E-state index contributed by atoms with van der Waals surface area (Å²) in [7, 11) is 0. The van der Waals surface area contributed by atoms with Crippen LogP contribution in [-0.2, 0) is 6.61 Å². The number of para-hydroxylation sites is 1. The SMILES string of the molecule is CC(C)(C)C(=O)c1ccc(COc2ccccc2)cc1. The van der Waals surface area contributed by atoms with Gasteiger partial charge in [0.1, 0.15) is 12.4 Å². The fraction of sp³-hybridized carbons (Fsp3) is 0.278. The Morgan fingerprint density at radius 3 is 2.10 bits per heavy atom. The van der Waals surface area contributed by atoms with Crippen LogP contribution in [0.25, 0.3) is 0 Å². The van der Waals surface area contributed by atoms with Crippen LogP contribution in [0.15, 0.2) is 54.6 Å². The van der Waals surface area contributed by atoms with Gasteiger partial charge in [-0.3, -0.25) is 4.79 Å². The number of Topliss-reactive ketones (excluding diaryl/α,β-unsaturated/α-hetero) is 1. The van der Waals surface area contributed by atoms with Gasteiger partial charge in [-0.1, -0.05) is 63.2 Å². The number of hydrogen-bond acceptors (Lipinski definition) is 2. The molecule has 0 saturated carbocycles. The highest BCUT2D eigenvalue weighted by Crippen LogP contribution is 2.21. The minimum atomic E-state index is -0.345. The summed E-state index contributed by atoms with van der Waals surface area (Å²) in [4.78, 5) is 12.1. The predicted octanol–water partition coefficient (Wildman–Crippen LogP) is 4.49. The molecular formula is C18H20O2. The number of benzene rings is 2. The standard InChI is InChI=1S/C18H20O2/c1-18(2,3)17(19)15-11-9-14(10-12-15)13-20-16-7-5-4-6-8-16/h4-12H,13H2,1-3H3. The number of carbonyl (C=O) groups excluding carboxylic acids is 1. The molecule has 0 fully saturated rings. The molecule has 104 valence electrons. The van der Waals surface area contributed by atoms with E-state index in [1.807, 2.05) is 75.4 Å². The van der Waals surface area contributed by atoms with Crippen molar-refractivity contribution in [1.29, 1.82) is 0 Å². The van der Waals surface area contributed by atoms with Crippen molar-refractivity contribution in [2.75, 3.05) is 0 Å². The molecule has 0 aliphatic heterocycles. The molecule has 0 spiro atoms. The van der Waals surface area contributed by atoms with E-state index in [0.29, 0.717) is 6.61 Å². The number of rotatable bonds is 4. The Morgan fingerprint density at radius 2 is 1.55 bits per heavy atom. The van der Waals surface area contributed by atoms with Gasteiger partial charge >= 0.3 is 0 Å². The van der Waals surface area contributed by atoms with Gasteiger partial charge in [-0.2, -0.15) is 0 Å². The first-order valence-corrected chi connectivity index (χ1v) is 6.78. The molecule has 0 aromatic heterocycles. The first-order chi connectivity index (χ1) is 9.47. The van der Waals surface area contributed by atoms with Crippen LogP contribution in [0.1, 0.15) is 36.7 Å². The molecule has 2 aromatic carbocycles. The third-order valence-corrected chi connectivity index (χ3v) is 3.05. The van der Waals surface area contributed by atoms with E-state index in [0.717, 1.165) is 16.9 Å². The van der Waals surface area contributed by atoms with Gasteiger partial charge in [0.05, 0.1) is 0 Å². The zero-order valence-corrected chi connectivity index (χ0v) is 12.2. The minimum absolute atomic E-state index is 0.160. The van der Waals surface area contributed by atoms with Gasteiger partial charge in [-0.25, -0.2) is 0 Å². The molecule has 2 heteroatoms. The van der Waals surface area contributed by atoms with Crippen molar-refractivity contribution in [3.63, 3.8) is 0 Å². The van der Waals surface area contributed by atoms with E-state index in [9.17, 15) is 4.79 Å². The smallest absolute Gasteiger partial charge is 0.168 e. The van der Waals surface area contributed by atoms with Crippen LogP contribution < -0.4 is 4.74 Å². The van der Waals surface area contributed by atoms with Gasteiger partial charge in [0.25, 0.3) is 0 Å². The lowest BCUT2D eigenvalue weighted by atomic mass is 9.86. The molecule has 2 rings (SSSR count). The first-order valence-electron chi connectivity index (χ1n) is 6.78. The lowest BCUT2D eigenvalue weighted by molar-refractivity contribution is 0.0858. The third-order valence-electron chi connectivity index (χ3n) is 3.05. The molecule has 0 N–H and O–H groups in total. The second-order valence-corrected chi connectivity index (χ2v) is 5.88. The highest BCUT2D eigenvalue weighted by Gasteiger charge is 2.22. The molecule has 0 bridgehead atoms. The average molecular weight is 268 g/mol. The van der Waals surface area contributed by atoms with Crippen molar-refractivity contribution in [1.82, 2.24) is 0 Å². The summed E-state index contributed by atoms with van der Waals surface area (Å²) in [6.07, 6.45) is 0. The summed E-state index contributed by atoms with van der Waals surface area (Å²) in [6, 6.07) is 17.3. The monoisotopic (exact) mass is 268 g/mol. The molecule has 0 atom stereocenters. The molecule has 0 radical (unpaired) electrons. The van der Waals surface area contributed by atoms with Crippen molar-refractivity contribution < 1.29 is 9.53 Å². The van der Waals surface area contributed by atoms with E-state index in [1.54, 1.807) is 0 Å². The van der Waals surface area contributed by atoms with E-state index in [1.165, 1.54) is 0 Å². The molecule has 0 aliphatic carbocycles. The van der Waals surface area contributed by atoms with Gasteiger partial charge in [-0.05, 0) is 17.7 Å². The number of ketones is 1. The summed E-state index contributed by atoms with van der Waals surface area (Å²) in [5, 5.41) is 0. The van der Waals surface area contributed by atoms with Crippen molar-refractivity contribution in [3.05, 3.63) is 65.7 Å². The lowest BCUT2D eigenvalue weighted by Crippen LogP contribution is -2.20. The van der Waals surface area contributed by atoms with E-state index >= 15 is 0 Å². The van der Waals surface area contributed by atoms with Crippen LogP contribution in [0, 0.1) is 5.41 Å². The molecule has 20 heavy (non-hydrogen) atoms. The highest BCUT2D eigenvalue weighted by atomic mass is 16.5. The molecule has 0 saturated heterocycles. The van der Waals surface area contributed by atoms with Gasteiger partial charge in [0.15, 0.2) is 5.78 Å². The van der Waals surface area contributed by atoms with Crippen molar-refractivity contribution in [2.45, 2.75) is 27.4 Å². The van der Waals surface area contributed by atoms with Crippen molar-refractivity contribution in [2.24, 2.45) is 5.41 Å². The second kappa shape index (κ2) is 5.91. The van der Waals surface area contributed by atoms with Gasteiger partial charge in [-0.15, -0.1) is 0 Å². The lowest BCUT2D eigenvalue weighted by Gasteiger charge is -2.16. The zero-order valence-electron chi connectivity index (χ0n) is 12.2. The van der Waals surface area contributed by atoms with Gasteiger partial charge in [0.2, 0.25) is 0 Å². The Morgan fingerprint density at radius 1 is 0.950 bits per heavy atom. The Labute approximate surface area is 120 Å². The van der Waals surface area contributed by atoms with E-state index in [2.05, 4.69) is 0 Å². The number of hydrogen-bond donors (Lipinski definition) is 0. The van der Waals surface area contributed by atoms with E-state index in [4.69, 9.17) is 4.74 Å². The average Bonchev–Trinajstić information content (AvgIpc) is 2.45. The summed E-state index contributed by atoms with van der Waals surface area (Å²) in [5.41, 5.74) is 1.46. The van der Waals surface area contributed by atoms with Gasteiger partial charge in [0, 0.05) is 11.0 Å². The maximum Gasteiger partial charge on any atom is 0.168 e. The van der Waals surface area contributed by atoms with E-state index < -0.39 is 0 Å². The quantitative estimate of drug-likeness (QED) is 0.763. The second-order valence-electron chi connectivity index (χ2n) is 5.88. The number of ether oxygens (including phenoxy) is 1. The topological polar surface area (TPSA) is 26.3 Å². The Hall–Kier alpha value is -2.09. The van der Waals surface area contributed by atoms with Crippen LogP contribution in [0.4, 0.5) is 0 Å². The van der Waals surface area contributed by atoms with Gasteiger partial charge < -0.3 is 4.74 Å². The fourth-order valence-corrected chi connectivity index (χ4v) is 1.87. The maximum absolute atomic E-state index is 12.1. The summed E-state index contributed by atoms with van der Waals surface area (Å²) in [5.74, 6) is 1.01. The predicted molar refractivity (Wildman–Crippen MR) is 81.0 cm³/mol. The Kier molecular flexibility index (Phi) is 4.23. The third kappa shape index (κ3) is 3.70. The van der Waals surface area contributed by atoms with Crippen LogP contribution in [0.5, 0.6) is 5.75 Å². The van der Waals surface area contributed by atoms with Crippen molar-refractivity contribution >= 4 is 5.78 Å². The molecule has 2 nitrogen and oxygen atoms in total. The zero-order chi connectivity index (χ0) is 14.6. The number of carbonyl (C=O) groups is 1. The summed E-state index contributed by atoms with van der Waals surface area (Å²) >= 11 is 0. The normalized spacial score (nSPS) is 11.2. The largest absolute Gasteiger partial charge is 0.489 e. The summed E-state index contributed by atoms with van der Waals surface area (Å²) < 4.78 is 5.67. The van der Waals surface area contributed by atoms with Crippen molar-refractivity contribution in [3.8, 4) is 5.75 Å².